The van der Waals surface area contributed by atoms with Crippen LogP contribution in [0.3, 0.4) is 0 Å². The summed E-state index contributed by atoms with van der Waals surface area (Å²) in [5.41, 5.74) is 0.640. The lowest BCUT2D eigenvalue weighted by molar-refractivity contribution is -0.162. The van der Waals surface area contributed by atoms with Gasteiger partial charge in [-0.05, 0) is 119 Å². The van der Waals surface area contributed by atoms with Gasteiger partial charge < -0.3 is 18.9 Å². The molecule has 0 saturated heterocycles. The maximum absolute atomic E-state index is 13.4. The Bertz CT molecular complexity index is 1540. The highest BCUT2D eigenvalue weighted by molar-refractivity contribution is 6.35. The monoisotopic (exact) mass is 687 g/mol. The van der Waals surface area contributed by atoms with Gasteiger partial charge in [-0.3, -0.25) is 24.0 Å². The minimum absolute atomic E-state index is 0.0126. The molecule has 0 bridgehead atoms. The second-order valence-electron chi connectivity index (χ2n) is 14.4. The Morgan fingerprint density at radius 2 is 1.22 bits per heavy atom. The van der Waals surface area contributed by atoms with E-state index in [0.717, 1.165) is 36.5 Å². The Hall–Kier alpha value is -4.21. The van der Waals surface area contributed by atoms with Crippen LogP contribution in [0, 0.1) is 23.7 Å². The van der Waals surface area contributed by atoms with Crippen LogP contribution in [0.5, 0.6) is 11.5 Å². The molecule has 3 saturated carbocycles. The van der Waals surface area contributed by atoms with Crippen molar-refractivity contribution in [1.82, 2.24) is 0 Å². The number of fused-ring (bicyclic) bond motifs is 1. The molecule has 10 nitrogen and oxygen atoms in total. The molecule has 0 spiro atoms. The van der Waals surface area contributed by atoms with Gasteiger partial charge in [0.2, 0.25) is 0 Å². The number of esters is 3. The molecule has 3 aliphatic carbocycles. The van der Waals surface area contributed by atoms with Crippen LogP contribution in [-0.2, 0) is 23.9 Å². The molecule has 0 atom stereocenters. The van der Waals surface area contributed by atoms with Gasteiger partial charge in [-0.1, -0.05) is 32.3 Å². The molecule has 0 radical (unpaired) electrons. The molecule has 0 aromatic heterocycles. The Morgan fingerprint density at radius 1 is 0.680 bits per heavy atom. The summed E-state index contributed by atoms with van der Waals surface area (Å²) in [6, 6.07) is 11.3. The molecule has 2 amide bonds. The molecule has 1 heterocycles. The normalized spacial score (nSPS) is 26.6. The van der Waals surface area contributed by atoms with E-state index in [0.29, 0.717) is 62.8 Å². The minimum atomic E-state index is -0.554. The van der Waals surface area contributed by atoms with Gasteiger partial charge in [-0.15, -0.1) is 0 Å². The zero-order chi connectivity index (χ0) is 35.2. The molecule has 6 rings (SSSR count). The molecule has 2 aromatic carbocycles. The number of methoxy groups -OCH3 is 1. The summed E-state index contributed by atoms with van der Waals surface area (Å²) in [6.07, 6.45) is 12.1. The predicted octanol–water partition coefficient (Wildman–Crippen LogP) is 7.60. The second-order valence-corrected chi connectivity index (χ2v) is 14.4. The maximum Gasteiger partial charge on any atom is 0.314 e. The molecule has 0 N–H and O–H groups in total. The van der Waals surface area contributed by atoms with E-state index in [9.17, 15) is 24.0 Å². The van der Waals surface area contributed by atoms with Crippen LogP contribution in [0.4, 0.5) is 5.69 Å². The smallest absolute Gasteiger partial charge is 0.314 e. The van der Waals surface area contributed by atoms with Crippen LogP contribution in [0.15, 0.2) is 42.5 Å². The summed E-state index contributed by atoms with van der Waals surface area (Å²) in [5.74, 6) is -0.991. The standard InChI is InChI=1S/C40H49NO9/c1-3-4-6-25-9-11-26(12-10-25)38(44)48-31-19-13-27(14-20-31)39(45)49-32-21-15-28(16-22-32)40(46)50-34-8-5-7-33-35(34)37(43)41(36(33)42)29-17-23-30(47-2)24-18-29/h5,7-8,17-18,23-28,31-32H,3-4,6,9-16,19-22H2,1-2H3. The third kappa shape index (κ3) is 8.05. The van der Waals surface area contributed by atoms with Gasteiger partial charge in [-0.25, -0.2) is 4.90 Å². The van der Waals surface area contributed by atoms with E-state index in [1.165, 1.54) is 32.4 Å². The topological polar surface area (TPSA) is 126 Å². The number of nitrogens with zero attached hydrogens (tertiary/aromatic N) is 1. The highest BCUT2D eigenvalue weighted by Gasteiger charge is 2.41. The van der Waals surface area contributed by atoms with Crippen LogP contribution in [0.2, 0.25) is 0 Å². The van der Waals surface area contributed by atoms with E-state index in [4.69, 9.17) is 18.9 Å². The van der Waals surface area contributed by atoms with Crippen molar-refractivity contribution in [3.8, 4) is 11.5 Å². The van der Waals surface area contributed by atoms with Crippen LogP contribution in [-0.4, -0.2) is 49.0 Å². The number of hydrogen-bond acceptors (Lipinski definition) is 9. The Kier molecular flexibility index (Phi) is 11.5. The molecule has 3 fully saturated rings. The average molecular weight is 688 g/mol. The van der Waals surface area contributed by atoms with E-state index >= 15 is 0 Å². The second kappa shape index (κ2) is 16.2. The summed E-state index contributed by atoms with van der Waals surface area (Å²) in [6.45, 7) is 2.22. The highest BCUT2D eigenvalue weighted by atomic mass is 16.6. The Balaban J connectivity index is 0.929. The number of anilines is 1. The first kappa shape index (κ1) is 35.6. The van der Waals surface area contributed by atoms with Crippen molar-refractivity contribution in [2.24, 2.45) is 23.7 Å². The highest BCUT2D eigenvalue weighted by Crippen LogP contribution is 2.37. The van der Waals surface area contributed by atoms with Crippen LogP contribution < -0.4 is 14.4 Å². The van der Waals surface area contributed by atoms with Gasteiger partial charge in [-0.2, -0.15) is 0 Å². The van der Waals surface area contributed by atoms with Crippen LogP contribution in [0.25, 0.3) is 0 Å². The van der Waals surface area contributed by atoms with Crippen molar-refractivity contribution < 1.29 is 42.9 Å². The third-order valence-electron chi connectivity index (χ3n) is 11.1. The SMILES string of the molecule is CCCCC1CCC(C(=O)OC2CCC(C(=O)OC3CCC(C(=O)Oc4cccc5c4C(=O)N(c4ccc(OC)cc4)C5=O)CC3)CC2)CC1. The Labute approximate surface area is 294 Å². The van der Waals surface area contributed by atoms with Crippen molar-refractivity contribution in [2.75, 3.05) is 12.0 Å². The summed E-state index contributed by atoms with van der Waals surface area (Å²) in [5, 5.41) is 0. The van der Waals surface area contributed by atoms with Crippen molar-refractivity contribution >= 4 is 35.4 Å². The zero-order valence-electron chi connectivity index (χ0n) is 29.2. The summed E-state index contributed by atoms with van der Waals surface area (Å²) in [4.78, 5) is 66.7. The van der Waals surface area contributed by atoms with E-state index in [1.54, 1.807) is 36.4 Å². The lowest BCUT2D eigenvalue weighted by atomic mass is 9.80. The molecule has 0 unspecified atom stereocenters. The number of hydrogen-bond donors (Lipinski definition) is 0. The lowest BCUT2D eigenvalue weighted by Gasteiger charge is -2.32. The zero-order valence-corrected chi connectivity index (χ0v) is 29.2. The van der Waals surface area contributed by atoms with E-state index in [-0.39, 0.29) is 52.9 Å². The average Bonchev–Trinajstić information content (AvgIpc) is 3.40. The largest absolute Gasteiger partial charge is 0.497 e. The predicted molar refractivity (Wildman–Crippen MR) is 185 cm³/mol. The van der Waals surface area contributed by atoms with Gasteiger partial charge >= 0.3 is 17.9 Å². The van der Waals surface area contributed by atoms with Gasteiger partial charge in [0.05, 0.1) is 41.7 Å². The number of imide groups is 1. The van der Waals surface area contributed by atoms with Crippen molar-refractivity contribution in [2.45, 2.75) is 115 Å². The first-order chi connectivity index (χ1) is 24.2. The van der Waals surface area contributed by atoms with E-state index in [2.05, 4.69) is 6.92 Å². The summed E-state index contributed by atoms with van der Waals surface area (Å²) in [7, 11) is 1.53. The fourth-order valence-corrected chi connectivity index (χ4v) is 8.03. The van der Waals surface area contributed by atoms with Gasteiger partial charge in [0.1, 0.15) is 23.7 Å². The molecule has 2 aromatic rings. The molecular formula is C40H49NO9. The van der Waals surface area contributed by atoms with Gasteiger partial charge in [0, 0.05) is 0 Å². The van der Waals surface area contributed by atoms with Crippen LogP contribution in [0.1, 0.15) is 124 Å². The third-order valence-corrected chi connectivity index (χ3v) is 11.1. The molecule has 4 aliphatic rings. The van der Waals surface area contributed by atoms with Gasteiger partial charge in [0.25, 0.3) is 11.8 Å². The van der Waals surface area contributed by atoms with Crippen molar-refractivity contribution in [3.05, 3.63) is 53.6 Å². The first-order valence-corrected chi connectivity index (χ1v) is 18.5. The quantitative estimate of drug-likeness (QED) is 0.133. The number of amides is 2. The summed E-state index contributed by atoms with van der Waals surface area (Å²) >= 11 is 0. The molecular weight excluding hydrogens is 638 g/mol. The van der Waals surface area contributed by atoms with Crippen molar-refractivity contribution in [3.63, 3.8) is 0 Å². The first-order valence-electron chi connectivity index (χ1n) is 18.5. The number of ether oxygens (including phenoxy) is 4. The van der Waals surface area contributed by atoms with E-state index in [1.807, 2.05) is 0 Å². The fourth-order valence-electron chi connectivity index (χ4n) is 8.03. The number of carbonyl (C=O) groups excluding carboxylic acids is 5. The fraction of sp³-hybridized carbons (Fsp3) is 0.575. The lowest BCUT2D eigenvalue weighted by Crippen LogP contribution is -2.34. The van der Waals surface area contributed by atoms with Crippen molar-refractivity contribution in [1.29, 1.82) is 0 Å². The number of carbonyl (C=O) groups is 5. The molecule has 268 valence electrons. The molecule has 50 heavy (non-hydrogen) atoms. The summed E-state index contributed by atoms with van der Waals surface area (Å²) < 4.78 is 22.7. The Morgan fingerprint density at radius 3 is 1.76 bits per heavy atom. The molecule has 1 aliphatic heterocycles. The van der Waals surface area contributed by atoms with Gasteiger partial charge in [0.15, 0.2) is 0 Å². The minimum Gasteiger partial charge on any atom is -0.497 e. The number of benzene rings is 2. The number of rotatable bonds is 11. The van der Waals surface area contributed by atoms with Crippen LogP contribution >= 0.6 is 0 Å². The van der Waals surface area contributed by atoms with E-state index < -0.39 is 23.7 Å². The molecule has 10 heteroatoms. The number of unbranched alkanes of at least 4 members (excludes halogenated alkanes) is 1. The maximum atomic E-state index is 13.4.